The average Bonchev–Trinajstić information content (AvgIpc) is 2.69. The summed E-state index contributed by atoms with van der Waals surface area (Å²) < 4.78 is 6.58. The van der Waals surface area contributed by atoms with E-state index < -0.39 is 0 Å². The molecule has 1 fully saturated rings. The number of ether oxygens (including phenoxy) is 1. The molecule has 0 spiro atoms. The van der Waals surface area contributed by atoms with Crippen LogP contribution in [0.4, 0.5) is 0 Å². The zero-order valence-electron chi connectivity index (χ0n) is 11.6. The second-order valence-electron chi connectivity index (χ2n) is 5.09. The molecule has 19 heavy (non-hydrogen) atoms. The maximum Gasteiger partial charge on any atom is 0.123 e. The quantitative estimate of drug-likeness (QED) is 0.922. The Morgan fingerprint density at radius 2 is 1.95 bits per heavy atom. The van der Waals surface area contributed by atoms with E-state index in [1.165, 1.54) is 31.2 Å². The van der Waals surface area contributed by atoms with Gasteiger partial charge in [-0.25, -0.2) is 0 Å². The lowest BCUT2D eigenvalue weighted by Gasteiger charge is -2.31. The van der Waals surface area contributed by atoms with Crippen molar-refractivity contribution >= 4 is 15.9 Å². The topological polar surface area (TPSA) is 38.5 Å². The molecule has 0 radical (unpaired) electrons. The predicted molar refractivity (Wildman–Crippen MR) is 82.5 cm³/mol. The zero-order chi connectivity index (χ0) is 13.7. The van der Waals surface area contributed by atoms with Gasteiger partial charge in [0.2, 0.25) is 0 Å². The molecular weight excluding hydrogens is 304 g/mol. The second-order valence-corrected chi connectivity index (χ2v) is 6.00. The molecule has 2 N–H and O–H groups in total. The molecule has 1 aliphatic rings. The van der Waals surface area contributed by atoms with E-state index >= 15 is 0 Å². The number of halogens is 1. The maximum atomic E-state index is 6.05. The number of benzene rings is 1. The van der Waals surface area contributed by atoms with Crippen molar-refractivity contribution in [1.29, 1.82) is 0 Å². The Kier molecular flexibility index (Phi) is 5.67. The monoisotopic (exact) mass is 326 g/mol. The van der Waals surface area contributed by atoms with Crippen molar-refractivity contribution in [3.63, 3.8) is 0 Å². The third-order valence-electron chi connectivity index (χ3n) is 3.86. The summed E-state index contributed by atoms with van der Waals surface area (Å²) in [4.78, 5) is 2.51. The van der Waals surface area contributed by atoms with E-state index in [0.717, 1.165) is 23.3 Å². The van der Waals surface area contributed by atoms with Gasteiger partial charge in [0.05, 0.1) is 13.2 Å². The van der Waals surface area contributed by atoms with Crippen LogP contribution < -0.4 is 10.5 Å². The lowest BCUT2D eigenvalue weighted by molar-refractivity contribution is 0.205. The highest BCUT2D eigenvalue weighted by Gasteiger charge is 2.23. The predicted octanol–water partition coefficient (Wildman–Crippen LogP) is 3.33. The molecule has 0 aliphatic carbocycles. The van der Waals surface area contributed by atoms with Gasteiger partial charge < -0.3 is 10.5 Å². The van der Waals surface area contributed by atoms with Gasteiger partial charge in [-0.1, -0.05) is 28.8 Å². The van der Waals surface area contributed by atoms with Crippen LogP contribution in [0.3, 0.4) is 0 Å². The second kappa shape index (κ2) is 7.27. The lowest BCUT2D eigenvalue weighted by atomic mass is 10.0. The molecule has 1 atom stereocenters. The fourth-order valence-corrected chi connectivity index (χ4v) is 3.22. The molecule has 1 aromatic rings. The van der Waals surface area contributed by atoms with Crippen LogP contribution in [0.25, 0.3) is 0 Å². The van der Waals surface area contributed by atoms with Crippen molar-refractivity contribution < 1.29 is 4.74 Å². The smallest absolute Gasteiger partial charge is 0.123 e. The Hall–Kier alpha value is -0.580. The third-order valence-corrected chi connectivity index (χ3v) is 4.35. The zero-order valence-corrected chi connectivity index (χ0v) is 13.2. The number of rotatable bonds is 4. The van der Waals surface area contributed by atoms with E-state index in [1.54, 1.807) is 7.11 Å². The molecule has 0 amide bonds. The molecule has 1 aliphatic heterocycles. The number of methoxy groups -OCH3 is 1. The average molecular weight is 327 g/mol. The number of likely N-dealkylation sites (tertiary alicyclic amines) is 1. The van der Waals surface area contributed by atoms with Gasteiger partial charge in [-0.2, -0.15) is 0 Å². The van der Waals surface area contributed by atoms with Crippen molar-refractivity contribution in [2.45, 2.75) is 31.7 Å². The summed E-state index contributed by atoms with van der Waals surface area (Å²) in [7, 11) is 1.72. The van der Waals surface area contributed by atoms with E-state index in [9.17, 15) is 0 Å². The van der Waals surface area contributed by atoms with E-state index in [1.807, 2.05) is 12.1 Å². The minimum absolute atomic E-state index is 0.255. The highest BCUT2D eigenvalue weighted by atomic mass is 79.9. The van der Waals surface area contributed by atoms with Crippen LogP contribution >= 0.6 is 15.9 Å². The molecule has 2 rings (SSSR count). The van der Waals surface area contributed by atoms with Gasteiger partial charge in [-0.3, -0.25) is 4.90 Å². The summed E-state index contributed by atoms with van der Waals surface area (Å²) in [6.45, 7) is 2.90. The van der Waals surface area contributed by atoms with Gasteiger partial charge in [-0.15, -0.1) is 0 Å². The largest absolute Gasteiger partial charge is 0.496 e. The molecule has 0 bridgehead atoms. The van der Waals surface area contributed by atoms with E-state index in [4.69, 9.17) is 10.5 Å². The molecule has 1 saturated heterocycles. The normalized spacial score (nSPS) is 18.9. The Morgan fingerprint density at radius 3 is 2.53 bits per heavy atom. The Morgan fingerprint density at radius 1 is 1.26 bits per heavy atom. The van der Waals surface area contributed by atoms with Crippen molar-refractivity contribution in [2.75, 3.05) is 26.7 Å². The van der Waals surface area contributed by atoms with Crippen LogP contribution in [-0.4, -0.2) is 31.6 Å². The maximum absolute atomic E-state index is 6.05. The van der Waals surface area contributed by atoms with Gasteiger partial charge in [0.1, 0.15) is 5.75 Å². The highest BCUT2D eigenvalue weighted by Crippen LogP contribution is 2.32. The lowest BCUT2D eigenvalue weighted by Crippen LogP contribution is -2.34. The first-order valence-corrected chi connectivity index (χ1v) is 7.83. The van der Waals surface area contributed by atoms with Crippen LogP contribution in [-0.2, 0) is 0 Å². The van der Waals surface area contributed by atoms with Crippen LogP contribution in [0.15, 0.2) is 22.7 Å². The summed E-state index contributed by atoms with van der Waals surface area (Å²) in [5.74, 6) is 0.933. The third kappa shape index (κ3) is 3.71. The first-order chi connectivity index (χ1) is 9.26. The summed E-state index contributed by atoms with van der Waals surface area (Å²) in [6.07, 6.45) is 5.21. The summed E-state index contributed by atoms with van der Waals surface area (Å²) in [5, 5.41) is 0. The van der Waals surface area contributed by atoms with Crippen molar-refractivity contribution in [3.05, 3.63) is 28.2 Å². The highest BCUT2D eigenvalue weighted by molar-refractivity contribution is 9.10. The van der Waals surface area contributed by atoms with Gasteiger partial charge in [-0.05, 0) is 44.1 Å². The summed E-state index contributed by atoms with van der Waals surface area (Å²) >= 11 is 3.55. The Labute approximate surface area is 124 Å². The Bertz CT molecular complexity index is 403. The standard InChI is InChI=1S/C15H23BrN2O/c1-19-15-7-6-12(16)10-13(15)14(11-17)18-8-4-2-3-5-9-18/h6-7,10,14H,2-5,8-9,11,17H2,1H3. The molecule has 3 nitrogen and oxygen atoms in total. The van der Waals surface area contributed by atoms with Gasteiger partial charge >= 0.3 is 0 Å². The molecule has 1 heterocycles. The van der Waals surface area contributed by atoms with Gasteiger partial charge in [0.25, 0.3) is 0 Å². The van der Waals surface area contributed by atoms with Crippen molar-refractivity contribution in [2.24, 2.45) is 5.73 Å². The first kappa shape index (κ1) is 14.8. The molecule has 0 aromatic heterocycles. The number of nitrogens with zero attached hydrogens (tertiary/aromatic N) is 1. The fraction of sp³-hybridized carbons (Fsp3) is 0.600. The Balaban J connectivity index is 2.26. The summed E-state index contributed by atoms with van der Waals surface area (Å²) in [5.41, 5.74) is 7.24. The van der Waals surface area contributed by atoms with Crippen molar-refractivity contribution in [1.82, 2.24) is 4.90 Å². The molecular formula is C15H23BrN2O. The van der Waals surface area contributed by atoms with E-state index in [2.05, 4.69) is 26.9 Å². The first-order valence-electron chi connectivity index (χ1n) is 7.04. The molecule has 4 heteroatoms. The number of hydrogen-bond donors (Lipinski definition) is 1. The molecule has 106 valence electrons. The fourth-order valence-electron chi connectivity index (χ4n) is 2.85. The SMILES string of the molecule is COc1ccc(Br)cc1C(CN)N1CCCCCC1. The van der Waals surface area contributed by atoms with Crippen LogP contribution in [0, 0.1) is 0 Å². The van der Waals surface area contributed by atoms with E-state index in [0.29, 0.717) is 6.54 Å². The minimum atomic E-state index is 0.255. The number of nitrogens with two attached hydrogens (primary N) is 1. The van der Waals surface area contributed by atoms with Crippen LogP contribution in [0.1, 0.15) is 37.3 Å². The molecule has 0 saturated carbocycles. The van der Waals surface area contributed by atoms with Crippen LogP contribution in [0.2, 0.25) is 0 Å². The van der Waals surface area contributed by atoms with Crippen LogP contribution in [0.5, 0.6) is 5.75 Å². The van der Waals surface area contributed by atoms with Gasteiger partial charge in [0, 0.05) is 16.6 Å². The summed E-state index contributed by atoms with van der Waals surface area (Å²) in [6, 6.07) is 6.42. The van der Waals surface area contributed by atoms with Crippen molar-refractivity contribution in [3.8, 4) is 5.75 Å². The van der Waals surface area contributed by atoms with E-state index in [-0.39, 0.29) is 6.04 Å². The van der Waals surface area contributed by atoms with Gasteiger partial charge in [0.15, 0.2) is 0 Å². The molecule has 1 unspecified atom stereocenters. The number of hydrogen-bond acceptors (Lipinski definition) is 3. The minimum Gasteiger partial charge on any atom is -0.496 e. The molecule has 1 aromatic carbocycles.